The number of aromatic nitrogens is 2. The van der Waals surface area contributed by atoms with Gasteiger partial charge in [0.05, 0.1) is 6.20 Å². The molecule has 0 fully saturated rings. The molecule has 0 saturated heterocycles. The summed E-state index contributed by atoms with van der Waals surface area (Å²) < 4.78 is 72.6. The van der Waals surface area contributed by atoms with Gasteiger partial charge in [0.15, 0.2) is 5.69 Å². The molecule has 0 bridgehead atoms. The maximum Gasteiger partial charge on any atom is 0.433 e. The Balaban J connectivity index is 3.29. The summed E-state index contributed by atoms with van der Waals surface area (Å²) >= 11 is 0. The van der Waals surface area contributed by atoms with Crippen LogP contribution >= 0.6 is 0 Å². The Morgan fingerprint density at radius 2 is 1.82 bits per heavy atom. The molecule has 10 heteroatoms. The minimum Gasteiger partial charge on any atom is -0.478 e. The van der Waals surface area contributed by atoms with Crippen LogP contribution in [-0.4, -0.2) is 27.0 Å². The van der Waals surface area contributed by atoms with Gasteiger partial charge in [-0.3, -0.25) is 4.68 Å². The Morgan fingerprint density at radius 3 is 2.18 bits per heavy atom. The normalized spacial score (nSPS) is 12.8. The van der Waals surface area contributed by atoms with Crippen molar-refractivity contribution in [1.29, 1.82) is 0 Å². The minimum absolute atomic E-state index is 0.233. The van der Waals surface area contributed by atoms with Crippen LogP contribution in [0.25, 0.3) is 0 Å². The second kappa shape index (κ2) is 3.93. The highest BCUT2D eigenvalue weighted by Gasteiger charge is 2.42. The van der Waals surface area contributed by atoms with Crippen molar-refractivity contribution in [1.82, 2.24) is 9.78 Å². The third-order valence-electron chi connectivity index (χ3n) is 1.67. The fourth-order valence-corrected chi connectivity index (χ4v) is 1.13. The Kier molecular flexibility index (Phi) is 3.08. The van der Waals surface area contributed by atoms with Crippen molar-refractivity contribution in [2.45, 2.75) is 18.9 Å². The molecular weight excluding hydrogens is 258 g/mol. The zero-order chi connectivity index (χ0) is 13.4. The van der Waals surface area contributed by atoms with Gasteiger partial charge < -0.3 is 5.11 Å². The van der Waals surface area contributed by atoms with Crippen LogP contribution in [0.5, 0.6) is 0 Å². The van der Waals surface area contributed by atoms with Crippen LogP contribution in [0.2, 0.25) is 0 Å². The van der Waals surface area contributed by atoms with Gasteiger partial charge in [0.25, 0.3) is 0 Å². The number of alkyl halides is 6. The van der Waals surface area contributed by atoms with Crippen LogP contribution in [-0.2, 0) is 12.7 Å². The number of halogens is 6. The molecule has 0 aliphatic rings. The molecule has 0 saturated carbocycles. The summed E-state index contributed by atoms with van der Waals surface area (Å²) in [5.74, 6) is -1.99. The molecule has 0 atom stereocenters. The van der Waals surface area contributed by atoms with Gasteiger partial charge in [-0.15, -0.1) is 0 Å². The molecule has 0 aliphatic carbocycles. The molecule has 0 radical (unpaired) electrons. The van der Waals surface area contributed by atoms with Crippen molar-refractivity contribution in [2.24, 2.45) is 0 Å². The van der Waals surface area contributed by atoms with Crippen molar-refractivity contribution < 1.29 is 36.2 Å². The molecule has 0 amide bonds. The molecule has 17 heavy (non-hydrogen) atoms. The minimum atomic E-state index is -5.23. The highest BCUT2D eigenvalue weighted by Crippen LogP contribution is 2.33. The average molecular weight is 262 g/mol. The first kappa shape index (κ1) is 13.3. The van der Waals surface area contributed by atoms with E-state index in [2.05, 4.69) is 5.10 Å². The summed E-state index contributed by atoms with van der Waals surface area (Å²) in [5.41, 5.74) is -3.25. The van der Waals surface area contributed by atoms with E-state index in [1.54, 1.807) is 0 Å². The molecular formula is C7H4F6N2O2. The van der Waals surface area contributed by atoms with Crippen LogP contribution in [0, 0.1) is 0 Å². The van der Waals surface area contributed by atoms with Gasteiger partial charge in [-0.25, -0.2) is 4.79 Å². The van der Waals surface area contributed by atoms with E-state index in [0.717, 1.165) is 0 Å². The Morgan fingerprint density at radius 1 is 1.29 bits per heavy atom. The number of aromatic carboxylic acids is 1. The fraction of sp³-hybridized carbons (Fsp3) is 0.429. The highest BCUT2D eigenvalue weighted by atomic mass is 19.4. The van der Waals surface area contributed by atoms with Gasteiger partial charge in [0.1, 0.15) is 12.1 Å². The second-order valence-electron chi connectivity index (χ2n) is 2.98. The summed E-state index contributed by atoms with van der Waals surface area (Å²) in [6, 6.07) is 0. The van der Waals surface area contributed by atoms with E-state index >= 15 is 0 Å². The van der Waals surface area contributed by atoms with Crippen LogP contribution in [0.1, 0.15) is 16.1 Å². The third kappa shape index (κ3) is 3.11. The molecule has 1 rings (SSSR count). The lowest BCUT2D eigenvalue weighted by atomic mass is 10.2. The number of hydrogen-bond donors (Lipinski definition) is 1. The van der Waals surface area contributed by atoms with E-state index in [1.165, 1.54) is 0 Å². The standard InChI is InChI=1S/C7H4F6N2O2/c8-6(9,10)2-15-4(7(11,12)13)3(1-14-15)5(16)17/h1H,2H2,(H,16,17). The lowest BCUT2D eigenvalue weighted by molar-refractivity contribution is -0.161. The first-order valence-corrected chi connectivity index (χ1v) is 3.95. The van der Waals surface area contributed by atoms with E-state index in [9.17, 15) is 31.1 Å². The number of carboxylic acid groups (broad SMARTS) is 1. The molecule has 0 unspecified atom stereocenters. The smallest absolute Gasteiger partial charge is 0.433 e. The number of rotatable bonds is 2. The summed E-state index contributed by atoms with van der Waals surface area (Å²) in [6.45, 7) is -2.00. The Hall–Kier alpha value is -1.74. The molecule has 0 spiro atoms. The zero-order valence-corrected chi connectivity index (χ0v) is 7.80. The molecule has 4 nitrogen and oxygen atoms in total. The van der Waals surface area contributed by atoms with Crippen molar-refractivity contribution in [2.75, 3.05) is 0 Å². The molecule has 1 N–H and O–H groups in total. The van der Waals surface area contributed by atoms with Crippen molar-refractivity contribution >= 4 is 5.97 Å². The largest absolute Gasteiger partial charge is 0.478 e. The maximum atomic E-state index is 12.4. The molecule has 1 heterocycles. The van der Waals surface area contributed by atoms with Gasteiger partial charge in [-0.2, -0.15) is 31.4 Å². The van der Waals surface area contributed by atoms with Gasteiger partial charge in [-0.05, 0) is 0 Å². The van der Waals surface area contributed by atoms with Gasteiger partial charge in [0.2, 0.25) is 0 Å². The molecule has 1 aromatic heterocycles. The van der Waals surface area contributed by atoms with E-state index < -0.39 is 40.8 Å². The lowest BCUT2D eigenvalue weighted by Gasteiger charge is -2.12. The first-order valence-electron chi connectivity index (χ1n) is 3.95. The predicted octanol–water partition coefficient (Wildman–Crippen LogP) is 2.16. The summed E-state index contributed by atoms with van der Waals surface area (Å²) in [7, 11) is 0. The first-order chi connectivity index (χ1) is 7.52. The van der Waals surface area contributed by atoms with Gasteiger partial charge >= 0.3 is 18.3 Å². The van der Waals surface area contributed by atoms with Crippen LogP contribution in [0.3, 0.4) is 0 Å². The molecule has 96 valence electrons. The van der Waals surface area contributed by atoms with Crippen molar-refractivity contribution in [3.05, 3.63) is 17.5 Å². The Bertz CT molecular complexity index is 433. The van der Waals surface area contributed by atoms with Gasteiger partial charge in [0, 0.05) is 0 Å². The van der Waals surface area contributed by atoms with E-state index in [-0.39, 0.29) is 6.20 Å². The predicted molar refractivity (Wildman–Crippen MR) is 40.2 cm³/mol. The van der Waals surface area contributed by atoms with Crippen LogP contribution < -0.4 is 0 Å². The summed E-state index contributed by atoms with van der Waals surface area (Å²) in [6.07, 6.45) is -9.92. The number of hydrogen-bond acceptors (Lipinski definition) is 2. The Labute approximate surface area is 89.4 Å². The van der Waals surface area contributed by atoms with E-state index in [4.69, 9.17) is 5.11 Å². The second-order valence-corrected chi connectivity index (χ2v) is 2.98. The number of carboxylic acids is 1. The quantitative estimate of drug-likeness (QED) is 0.831. The summed E-state index contributed by atoms with van der Waals surface area (Å²) in [4.78, 5) is 10.4. The zero-order valence-electron chi connectivity index (χ0n) is 7.80. The SMILES string of the molecule is O=C(O)c1cnn(CC(F)(F)F)c1C(F)(F)F. The lowest BCUT2D eigenvalue weighted by Crippen LogP contribution is -2.25. The molecule has 0 aliphatic heterocycles. The summed E-state index contributed by atoms with van der Waals surface area (Å²) in [5, 5.41) is 11.2. The topological polar surface area (TPSA) is 55.1 Å². The van der Waals surface area contributed by atoms with Crippen molar-refractivity contribution in [3.63, 3.8) is 0 Å². The average Bonchev–Trinajstić information content (AvgIpc) is 2.43. The maximum absolute atomic E-state index is 12.4. The number of carbonyl (C=O) groups is 1. The van der Waals surface area contributed by atoms with Crippen LogP contribution in [0.4, 0.5) is 26.3 Å². The molecule has 0 aromatic carbocycles. The number of nitrogens with zero attached hydrogens (tertiary/aromatic N) is 2. The van der Waals surface area contributed by atoms with Gasteiger partial charge in [-0.1, -0.05) is 0 Å². The van der Waals surface area contributed by atoms with E-state index in [0.29, 0.717) is 0 Å². The van der Waals surface area contributed by atoms with Crippen molar-refractivity contribution in [3.8, 4) is 0 Å². The third-order valence-corrected chi connectivity index (χ3v) is 1.67. The fourth-order valence-electron chi connectivity index (χ4n) is 1.13. The van der Waals surface area contributed by atoms with Crippen LogP contribution in [0.15, 0.2) is 6.20 Å². The monoisotopic (exact) mass is 262 g/mol. The highest BCUT2D eigenvalue weighted by molar-refractivity contribution is 5.88. The molecule has 1 aromatic rings. The van der Waals surface area contributed by atoms with E-state index in [1.807, 2.05) is 0 Å².